The zero-order chi connectivity index (χ0) is 8.27. The molecule has 1 heteroatoms. The largest absolute Gasteiger partial charge is 0.399 e. The summed E-state index contributed by atoms with van der Waals surface area (Å²) in [5.41, 5.74) is 7.67. The third-order valence-corrected chi connectivity index (χ3v) is 1.56. The van der Waals surface area contributed by atoms with Gasteiger partial charge in [-0.3, -0.25) is 0 Å². The molecule has 1 unspecified atom stereocenters. The van der Waals surface area contributed by atoms with Gasteiger partial charge < -0.3 is 5.73 Å². The minimum atomic E-state index is 0.471. The van der Waals surface area contributed by atoms with Crippen molar-refractivity contribution in [3.63, 3.8) is 0 Å². The first kappa shape index (κ1) is 8.12. The van der Waals surface area contributed by atoms with Gasteiger partial charge in [-0.25, -0.2) is 0 Å². The fraction of sp³-hybridized carbons (Fsp3) is 0.300. The van der Waals surface area contributed by atoms with E-state index >= 15 is 0 Å². The van der Waals surface area contributed by atoms with Crippen molar-refractivity contribution in [2.24, 2.45) is 5.92 Å². The summed E-state index contributed by atoms with van der Waals surface area (Å²) in [7, 11) is 0. The third-order valence-electron chi connectivity index (χ3n) is 1.56. The maximum Gasteiger partial charge on any atom is 0.0314 e. The normalized spacial score (nSPS) is 10.5. The molecular formula is C10H14N. The number of nitrogen functional groups attached to an aromatic ring is 1. The van der Waals surface area contributed by atoms with Crippen molar-refractivity contribution in [1.82, 2.24) is 0 Å². The number of nitrogens with two attached hydrogens (primary N) is 1. The molecule has 0 aromatic heterocycles. The predicted molar refractivity (Wildman–Crippen MR) is 49.1 cm³/mol. The van der Waals surface area contributed by atoms with Crippen molar-refractivity contribution in [2.75, 3.05) is 5.73 Å². The van der Waals surface area contributed by atoms with Crippen LogP contribution in [-0.2, 0) is 6.42 Å². The molecule has 0 spiro atoms. The minimum Gasteiger partial charge on any atom is -0.399 e. The molecule has 2 N–H and O–H groups in total. The molecule has 0 bridgehead atoms. The Kier molecular flexibility index (Phi) is 2.53. The summed E-state index contributed by atoms with van der Waals surface area (Å²) in [5.74, 6) is 0.471. The zero-order valence-electron chi connectivity index (χ0n) is 6.88. The van der Waals surface area contributed by atoms with E-state index in [1.165, 1.54) is 5.56 Å². The van der Waals surface area contributed by atoms with Crippen LogP contribution in [0.1, 0.15) is 12.5 Å². The van der Waals surface area contributed by atoms with Crippen LogP contribution in [0.25, 0.3) is 0 Å². The summed E-state index contributed by atoms with van der Waals surface area (Å²) in [5, 5.41) is 0. The van der Waals surface area contributed by atoms with E-state index in [-0.39, 0.29) is 0 Å². The highest BCUT2D eigenvalue weighted by molar-refractivity contribution is 5.39. The number of anilines is 1. The highest BCUT2D eigenvalue weighted by Crippen LogP contribution is 2.09. The molecule has 1 rings (SSSR count). The smallest absolute Gasteiger partial charge is 0.0314 e. The molecule has 0 heterocycles. The van der Waals surface area contributed by atoms with Gasteiger partial charge in [0.25, 0.3) is 0 Å². The lowest BCUT2D eigenvalue weighted by atomic mass is 10.0. The van der Waals surface area contributed by atoms with Crippen molar-refractivity contribution in [3.8, 4) is 0 Å². The van der Waals surface area contributed by atoms with Gasteiger partial charge in [-0.1, -0.05) is 26.0 Å². The zero-order valence-corrected chi connectivity index (χ0v) is 6.88. The fourth-order valence-electron chi connectivity index (χ4n) is 1.06. The highest BCUT2D eigenvalue weighted by atomic mass is 14.5. The first-order chi connectivity index (χ1) is 5.18. The van der Waals surface area contributed by atoms with Gasteiger partial charge in [0, 0.05) is 5.69 Å². The fourth-order valence-corrected chi connectivity index (χ4v) is 1.06. The Hall–Kier alpha value is -0.980. The van der Waals surface area contributed by atoms with Crippen LogP contribution in [0.15, 0.2) is 24.3 Å². The second-order valence-corrected chi connectivity index (χ2v) is 3.05. The van der Waals surface area contributed by atoms with Crippen LogP contribution in [-0.4, -0.2) is 0 Å². The predicted octanol–water partition coefficient (Wildman–Crippen LogP) is 2.28. The first-order valence-electron chi connectivity index (χ1n) is 3.86. The van der Waals surface area contributed by atoms with E-state index in [2.05, 4.69) is 26.0 Å². The Morgan fingerprint density at radius 1 is 1.36 bits per heavy atom. The van der Waals surface area contributed by atoms with Gasteiger partial charge in [-0.2, -0.15) is 0 Å². The topological polar surface area (TPSA) is 26.0 Å². The lowest BCUT2D eigenvalue weighted by Gasteiger charge is -2.03. The van der Waals surface area contributed by atoms with Crippen LogP contribution < -0.4 is 5.73 Å². The van der Waals surface area contributed by atoms with Crippen molar-refractivity contribution >= 4 is 5.69 Å². The lowest BCUT2D eigenvalue weighted by molar-refractivity contribution is 0.719. The molecule has 1 aromatic rings. The van der Waals surface area contributed by atoms with Crippen LogP contribution >= 0.6 is 0 Å². The van der Waals surface area contributed by atoms with Crippen molar-refractivity contribution < 1.29 is 0 Å². The molecule has 0 saturated heterocycles. The van der Waals surface area contributed by atoms with E-state index < -0.39 is 0 Å². The Bertz CT molecular complexity index is 211. The van der Waals surface area contributed by atoms with Gasteiger partial charge in [0.05, 0.1) is 0 Å². The van der Waals surface area contributed by atoms with Gasteiger partial charge in [-0.05, 0) is 30.0 Å². The monoisotopic (exact) mass is 148 g/mol. The maximum atomic E-state index is 5.54. The number of benzene rings is 1. The molecule has 0 aliphatic carbocycles. The van der Waals surface area contributed by atoms with E-state index in [1.807, 2.05) is 12.1 Å². The molecule has 0 fully saturated rings. The lowest BCUT2D eigenvalue weighted by Crippen LogP contribution is -1.94. The van der Waals surface area contributed by atoms with Crippen LogP contribution in [0.5, 0.6) is 0 Å². The maximum absolute atomic E-state index is 5.54. The van der Waals surface area contributed by atoms with Crippen LogP contribution in [0.4, 0.5) is 5.69 Å². The molecule has 0 saturated carbocycles. The van der Waals surface area contributed by atoms with E-state index in [1.54, 1.807) is 0 Å². The van der Waals surface area contributed by atoms with Gasteiger partial charge in [-0.15, -0.1) is 0 Å². The minimum absolute atomic E-state index is 0.471. The van der Waals surface area contributed by atoms with Crippen molar-refractivity contribution in [1.29, 1.82) is 0 Å². The Morgan fingerprint density at radius 3 is 2.36 bits per heavy atom. The van der Waals surface area contributed by atoms with Gasteiger partial charge in [0.2, 0.25) is 0 Å². The summed E-state index contributed by atoms with van der Waals surface area (Å²) in [4.78, 5) is 0. The number of hydrogen-bond acceptors (Lipinski definition) is 1. The quantitative estimate of drug-likeness (QED) is 0.640. The highest BCUT2D eigenvalue weighted by Gasteiger charge is 1.95. The van der Waals surface area contributed by atoms with E-state index in [9.17, 15) is 0 Å². The molecule has 0 aliphatic rings. The summed E-state index contributed by atoms with van der Waals surface area (Å²) in [6.07, 6.45) is 1.03. The second kappa shape index (κ2) is 3.42. The van der Waals surface area contributed by atoms with E-state index in [0.717, 1.165) is 12.1 Å². The Labute approximate surface area is 68.2 Å². The average molecular weight is 148 g/mol. The summed E-state index contributed by atoms with van der Waals surface area (Å²) in [6, 6.07) is 7.96. The molecule has 1 nitrogen and oxygen atoms in total. The molecule has 1 radical (unpaired) electrons. The standard InChI is InChI=1S/C10H14N/c1-8(2)7-9-3-5-10(11)6-4-9/h3-6,8H,1,7,11H2,2H3. The van der Waals surface area contributed by atoms with E-state index in [4.69, 9.17) is 5.73 Å². The number of rotatable bonds is 2. The molecule has 0 aliphatic heterocycles. The summed E-state index contributed by atoms with van der Waals surface area (Å²) < 4.78 is 0. The SMILES string of the molecule is [CH2]C(C)Cc1ccc(N)cc1. The number of hydrogen-bond donors (Lipinski definition) is 1. The van der Waals surface area contributed by atoms with Crippen LogP contribution in [0.3, 0.4) is 0 Å². The van der Waals surface area contributed by atoms with Crippen molar-refractivity contribution in [2.45, 2.75) is 13.3 Å². The van der Waals surface area contributed by atoms with E-state index in [0.29, 0.717) is 5.92 Å². The third kappa shape index (κ3) is 2.62. The Balaban J connectivity index is 2.66. The Morgan fingerprint density at radius 2 is 1.91 bits per heavy atom. The molecule has 0 amide bonds. The molecule has 1 aromatic carbocycles. The van der Waals surface area contributed by atoms with Crippen LogP contribution in [0.2, 0.25) is 0 Å². The van der Waals surface area contributed by atoms with Gasteiger partial charge in [0.15, 0.2) is 0 Å². The molecular weight excluding hydrogens is 134 g/mol. The van der Waals surface area contributed by atoms with Crippen LogP contribution in [0, 0.1) is 12.8 Å². The molecule has 11 heavy (non-hydrogen) atoms. The summed E-state index contributed by atoms with van der Waals surface area (Å²) in [6.45, 7) is 6.03. The molecule has 59 valence electrons. The van der Waals surface area contributed by atoms with Gasteiger partial charge >= 0.3 is 0 Å². The summed E-state index contributed by atoms with van der Waals surface area (Å²) >= 11 is 0. The first-order valence-corrected chi connectivity index (χ1v) is 3.86. The van der Waals surface area contributed by atoms with Gasteiger partial charge in [0.1, 0.15) is 0 Å². The van der Waals surface area contributed by atoms with Crippen molar-refractivity contribution in [3.05, 3.63) is 36.8 Å². The second-order valence-electron chi connectivity index (χ2n) is 3.05. The average Bonchev–Trinajstić information content (AvgIpc) is 1.93. The molecule has 1 atom stereocenters.